The fourth-order valence-electron chi connectivity index (χ4n) is 2.23. The van der Waals surface area contributed by atoms with Crippen LogP contribution in [0.2, 0.25) is 5.02 Å². The van der Waals surface area contributed by atoms with Gasteiger partial charge in [0, 0.05) is 5.02 Å². The molecular weight excluding hydrogens is 272 g/mol. The molecule has 1 fully saturated rings. The minimum Gasteiger partial charge on any atom is -0.312 e. The van der Waals surface area contributed by atoms with Crippen molar-refractivity contribution in [1.29, 1.82) is 0 Å². The Bertz CT molecular complexity index is 507. The molecule has 0 aliphatic heterocycles. The Hall–Kier alpha value is -0.620. The van der Waals surface area contributed by atoms with Gasteiger partial charge < -0.3 is 5.73 Å². The van der Waals surface area contributed by atoms with Crippen LogP contribution >= 0.6 is 11.6 Å². The maximum atomic E-state index is 12.2. The lowest BCUT2D eigenvalue weighted by Crippen LogP contribution is -2.56. The minimum atomic E-state index is -3.57. The summed E-state index contributed by atoms with van der Waals surface area (Å²) in [6.45, 7) is 0. The van der Waals surface area contributed by atoms with Crippen LogP contribution < -0.4 is 10.5 Å². The maximum Gasteiger partial charge on any atom is 0.242 e. The molecule has 18 heavy (non-hydrogen) atoms. The SMILES string of the molecule is NC1(NS(=O)(=O)c2ccc(Cl)cc2)CCCCC1. The van der Waals surface area contributed by atoms with Crippen LogP contribution in [0.5, 0.6) is 0 Å². The van der Waals surface area contributed by atoms with Gasteiger partial charge >= 0.3 is 0 Å². The van der Waals surface area contributed by atoms with Gasteiger partial charge in [-0.2, -0.15) is 4.72 Å². The van der Waals surface area contributed by atoms with Crippen LogP contribution in [-0.2, 0) is 10.0 Å². The molecule has 1 saturated carbocycles. The Balaban J connectivity index is 2.18. The van der Waals surface area contributed by atoms with Crippen molar-refractivity contribution in [3.63, 3.8) is 0 Å². The zero-order chi connectivity index (χ0) is 13.2. The molecule has 3 N–H and O–H groups in total. The number of hydrogen-bond acceptors (Lipinski definition) is 3. The summed E-state index contributed by atoms with van der Waals surface area (Å²) in [5.41, 5.74) is 5.29. The Morgan fingerprint density at radius 1 is 1.11 bits per heavy atom. The maximum absolute atomic E-state index is 12.2. The van der Waals surface area contributed by atoms with E-state index in [9.17, 15) is 8.42 Å². The molecule has 1 aliphatic rings. The number of sulfonamides is 1. The van der Waals surface area contributed by atoms with Crippen molar-refractivity contribution in [3.8, 4) is 0 Å². The summed E-state index contributed by atoms with van der Waals surface area (Å²) in [4.78, 5) is 0.197. The van der Waals surface area contributed by atoms with Crippen LogP contribution in [0.3, 0.4) is 0 Å². The number of nitrogens with two attached hydrogens (primary N) is 1. The van der Waals surface area contributed by atoms with E-state index in [4.69, 9.17) is 17.3 Å². The fraction of sp³-hybridized carbons (Fsp3) is 0.500. The van der Waals surface area contributed by atoms with Gasteiger partial charge in [0.1, 0.15) is 0 Å². The van der Waals surface area contributed by atoms with E-state index in [-0.39, 0.29) is 4.90 Å². The first-order chi connectivity index (χ1) is 8.41. The second-order valence-electron chi connectivity index (χ2n) is 4.78. The van der Waals surface area contributed by atoms with Crippen LogP contribution in [0.25, 0.3) is 0 Å². The van der Waals surface area contributed by atoms with Crippen molar-refractivity contribution in [2.75, 3.05) is 0 Å². The lowest BCUT2D eigenvalue weighted by Gasteiger charge is -2.33. The van der Waals surface area contributed by atoms with Gasteiger partial charge in [-0.25, -0.2) is 8.42 Å². The lowest BCUT2D eigenvalue weighted by molar-refractivity contribution is 0.277. The van der Waals surface area contributed by atoms with E-state index in [1.165, 1.54) is 12.1 Å². The first-order valence-electron chi connectivity index (χ1n) is 6.00. The first kappa shape index (κ1) is 13.8. The van der Waals surface area contributed by atoms with Crippen molar-refractivity contribution >= 4 is 21.6 Å². The zero-order valence-corrected chi connectivity index (χ0v) is 11.6. The zero-order valence-electron chi connectivity index (χ0n) is 10.0. The highest BCUT2D eigenvalue weighted by atomic mass is 35.5. The predicted octanol–water partition coefficient (Wildman–Crippen LogP) is 2.24. The van der Waals surface area contributed by atoms with Crippen molar-refractivity contribution in [1.82, 2.24) is 4.72 Å². The summed E-state index contributed by atoms with van der Waals surface area (Å²) < 4.78 is 27.0. The highest BCUT2D eigenvalue weighted by Gasteiger charge is 2.32. The largest absolute Gasteiger partial charge is 0.312 e. The molecule has 0 bridgehead atoms. The van der Waals surface area contributed by atoms with E-state index in [0.29, 0.717) is 17.9 Å². The summed E-state index contributed by atoms with van der Waals surface area (Å²) in [5, 5.41) is 0.508. The van der Waals surface area contributed by atoms with Crippen molar-refractivity contribution in [2.45, 2.75) is 42.7 Å². The molecule has 0 atom stereocenters. The van der Waals surface area contributed by atoms with Gasteiger partial charge in [-0.3, -0.25) is 0 Å². The lowest BCUT2D eigenvalue weighted by atomic mass is 9.91. The third-order valence-electron chi connectivity index (χ3n) is 3.21. The van der Waals surface area contributed by atoms with Crippen LogP contribution in [0.15, 0.2) is 29.2 Å². The molecule has 0 saturated heterocycles. The van der Waals surface area contributed by atoms with E-state index in [2.05, 4.69) is 4.72 Å². The smallest absolute Gasteiger partial charge is 0.242 e. The van der Waals surface area contributed by atoms with Crippen LogP contribution in [0.4, 0.5) is 0 Å². The molecule has 2 rings (SSSR count). The Morgan fingerprint density at radius 3 is 2.22 bits per heavy atom. The summed E-state index contributed by atoms with van der Waals surface area (Å²) in [5.74, 6) is 0. The number of rotatable bonds is 3. The summed E-state index contributed by atoms with van der Waals surface area (Å²) in [6.07, 6.45) is 4.39. The monoisotopic (exact) mass is 288 g/mol. The molecule has 0 aromatic heterocycles. The van der Waals surface area contributed by atoms with Crippen molar-refractivity contribution < 1.29 is 8.42 Å². The highest BCUT2D eigenvalue weighted by Crippen LogP contribution is 2.25. The molecule has 0 heterocycles. The highest BCUT2D eigenvalue weighted by molar-refractivity contribution is 7.89. The van der Waals surface area contributed by atoms with Crippen molar-refractivity contribution in [2.24, 2.45) is 5.73 Å². The standard InChI is InChI=1S/C12H17ClN2O2S/c13-10-4-6-11(7-5-10)18(16,17)15-12(14)8-2-1-3-9-12/h4-7,15H,1-3,8-9,14H2. The molecule has 1 aromatic carbocycles. The van der Waals surface area contributed by atoms with Crippen LogP contribution in [-0.4, -0.2) is 14.1 Å². The topological polar surface area (TPSA) is 72.2 Å². The van der Waals surface area contributed by atoms with E-state index < -0.39 is 15.7 Å². The molecule has 1 aliphatic carbocycles. The summed E-state index contributed by atoms with van der Waals surface area (Å²) in [7, 11) is -3.57. The van der Waals surface area contributed by atoms with Gasteiger partial charge in [-0.05, 0) is 37.1 Å². The average Bonchev–Trinajstić information content (AvgIpc) is 2.29. The molecule has 0 spiro atoms. The minimum absolute atomic E-state index is 0.197. The molecule has 0 amide bonds. The van der Waals surface area contributed by atoms with Gasteiger partial charge in [0.15, 0.2) is 0 Å². The molecular formula is C12H17ClN2O2S. The van der Waals surface area contributed by atoms with Gasteiger partial charge in [0.2, 0.25) is 10.0 Å². The quantitative estimate of drug-likeness (QED) is 0.838. The Kier molecular flexibility index (Phi) is 3.96. The predicted molar refractivity (Wildman–Crippen MR) is 71.8 cm³/mol. The fourth-order valence-corrected chi connectivity index (χ4v) is 3.70. The van der Waals surface area contributed by atoms with E-state index >= 15 is 0 Å². The van der Waals surface area contributed by atoms with E-state index in [1.807, 2.05) is 0 Å². The van der Waals surface area contributed by atoms with Gasteiger partial charge in [-0.1, -0.05) is 30.9 Å². The molecule has 0 radical (unpaired) electrons. The number of halogens is 1. The van der Waals surface area contributed by atoms with Crippen molar-refractivity contribution in [3.05, 3.63) is 29.3 Å². The van der Waals surface area contributed by atoms with Gasteiger partial charge in [-0.15, -0.1) is 0 Å². The second-order valence-corrected chi connectivity index (χ2v) is 6.90. The Labute approximate surface area is 113 Å². The van der Waals surface area contributed by atoms with Gasteiger partial charge in [0.25, 0.3) is 0 Å². The summed E-state index contributed by atoms with van der Waals surface area (Å²) in [6, 6.07) is 6.08. The van der Waals surface area contributed by atoms with E-state index in [0.717, 1.165) is 19.3 Å². The third kappa shape index (κ3) is 3.23. The molecule has 6 heteroatoms. The van der Waals surface area contributed by atoms with Crippen LogP contribution in [0.1, 0.15) is 32.1 Å². The van der Waals surface area contributed by atoms with Gasteiger partial charge in [0.05, 0.1) is 10.6 Å². The van der Waals surface area contributed by atoms with Crippen LogP contribution in [0, 0.1) is 0 Å². The molecule has 4 nitrogen and oxygen atoms in total. The normalized spacial score (nSPS) is 19.7. The Morgan fingerprint density at radius 2 is 1.67 bits per heavy atom. The number of nitrogens with one attached hydrogen (secondary N) is 1. The summed E-state index contributed by atoms with van der Waals surface area (Å²) >= 11 is 5.74. The number of benzene rings is 1. The average molecular weight is 289 g/mol. The molecule has 1 aromatic rings. The molecule has 100 valence electrons. The first-order valence-corrected chi connectivity index (χ1v) is 7.86. The molecule has 0 unspecified atom stereocenters. The van der Waals surface area contributed by atoms with E-state index in [1.54, 1.807) is 12.1 Å². The second kappa shape index (κ2) is 5.17. The third-order valence-corrected chi connectivity index (χ3v) is 5.03. The number of hydrogen-bond donors (Lipinski definition) is 2.